The van der Waals surface area contributed by atoms with Gasteiger partial charge in [-0.15, -0.1) is 0 Å². The number of rotatable bonds is 3. The van der Waals surface area contributed by atoms with Gasteiger partial charge < -0.3 is 15.4 Å². The molecule has 2 rings (SSSR count). The van der Waals surface area contributed by atoms with Gasteiger partial charge in [-0.1, -0.05) is 6.07 Å². The lowest BCUT2D eigenvalue weighted by atomic mass is 10.1. The number of aromatic carboxylic acids is 1. The number of benzene rings is 1. The number of hydrogen-bond donors (Lipinski definition) is 2. The summed E-state index contributed by atoms with van der Waals surface area (Å²) in [6.07, 6.45) is 0. The molecular formula is C14H16N2O2. The molecule has 0 unspecified atom stereocenters. The van der Waals surface area contributed by atoms with E-state index in [1.54, 1.807) is 12.1 Å². The molecule has 0 saturated heterocycles. The number of nitrogens with zero attached hydrogens (tertiary/aromatic N) is 1. The highest BCUT2D eigenvalue weighted by Crippen LogP contribution is 2.22. The molecule has 2 aromatic rings. The molecular weight excluding hydrogens is 228 g/mol. The summed E-state index contributed by atoms with van der Waals surface area (Å²) in [5.41, 5.74) is 9.50. The van der Waals surface area contributed by atoms with E-state index < -0.39 is 5.97 Å². The highest BCUT2D eigenvalue weighted by atomic mass is 16.4. The SMILES string of the molecule is Cc1ccc(C)n1-c1cc(CN)ccc1C(=O)O. The van der Waals surface area contributed by atoms with Gasteiger partial charge in [0, 0.05) is 17.9 Å². The molecule has 3 N–H and O–H groups in total. The molecule has 0 fully saturated rings. The fourth-order valence-corrected chi connectivity index (χ4v) is 2.12. The van der Waals surface area contributed by atoms with Gasteiger partial charge in [0.2, 0.25) is 0 Å². The Morgan fingerprint density at radius 2 is 1.83 bits per heavy atom. The molecule has 0 amide bonds. The second-order valence-corrected chi connectivity index (χ2v) is 4.31. The standard InChI is InChI=1S/C14H16N2O2/c1-9-3-4-10(2)16(9)13-7-11(8-15)5-6-12(13)14(17)18/h3-7H,8,15H2,1-2H3,(H,17,18). The smallest absolute Gasteiger partial charge is 0.337 e. The summed E-state index contributed by atoms with van der Waals surface area (Å²) in [7, 11) is 0. The Labute approximate surface area is 106 Å². The second-order valence-electron chi connectivity index (χ2n) is 4.31. The van der Waals surface area contributed by atoms with Gasteiger partial charge in [0.25, 0.3) is 0 Å². The average molecular weight is 244 g/mol. The second kappa shape index (κ2) is 4.66. The molecule has 0 spiro atoms. The normalized spacial score (nSPS) is 10.6. The molecule has 1 aromatic heterocycles. The van der Waals surface area contributed by atoms with E-state index in [0.29, 0.717) is 12.2 Å². The summed E-state index contributed by atoms with van der Waals surface area (Å²) in [6, 6.07) is 9.13. The third-order valence-electron chi connectivity index (χ3n) is 3.04. The molecule has 4 heteroatoms. The number of hydrogen-bond acceptors (Lipinski definition) is 2. The van der Waals surface area contributed by atoms with Crippen molar-refractivity contribution in [2.24, 2.45) is 5.73 Å². The molecule has 0 radical (unpaired) electrons. The van der Waals surface area contributed by atoms with Gasteiger partial charge in [-0.25, -0.2) is 4.79 Å². The van der Waals surface area contributed by atoms with E-state index in [2.05, 4.69) is 0 Å². The van der Waals surface area contributed by atoms with Gasteiger partial charge in [-0.2, -0.15) is 0 Å². The minimum atomic E-state index is -0.930. The van der Waals surface area contributed by atoms with Gasteiger partial charge in [0.1, 0.15) is 0 Å². The number of carboxylic acids is 1. The molecule has 0 bridgehead atoms. The fraction of sp³-hybridized carbons (Fsp3) is 0.214. The minimum absolute atomic E-state index is 0.287. The van der Waals surface area contributed by atoms with Crippen molar-refractivity contribution in [2.45, 2.75) is 20.4 Å². The third-order valence-corrected chi connectivity index (χ3v) is 3.04. The number of aryl methyl sites for hydroxylation is 2. The lowest BCUT2D eigenvalue weighted by Gasteiger charge is -2.14. The molecule has 0 aliphatic rings. The van der Waals surface area contributed by atoms with Gasteiger partial charge in [0.05, 0.1) is 11.3 Å². The van der Waals surface area contributed by atoms with Crippen molar-refractivity contribution in [1.29, 1.82) is 0 Å². The first-order chi connectivity index (χ1) is 8.54. The highest BCUT2D eigenvalue weighted by Gasteiger charge is 2.14. The van der Waals surface area contributed by atoms with Gasteiger partial charge in [-0.3, -0.25) is 0 Å². The Balaban J connectivity index is 2.71. The summed E-state index contributed by atoms with van der Waals surface area (Å²) >= 11 is 0. The van der Waals surface area contributed by atoms with Crippen molar-refractivity contribution in [3.8, 4) is 5.69 Å². The maximum Gasteiger partial charge on any atom is 0.337 e. The van der Waals surface area contributed by atoms with Crippen LogP contribution in [0.1, 0.15) is 27.3 Å². The number of nitrogens with two attached hydrogens (primary N) is 1. The number of carboxylic acid groups (broad SMARTS) is 1. The molecule has 1 aromatic carbocycles. The van der Waals surface area contributed by atoms with Crippen molar-refractivity contribution in [1.82, 2.24) is 4.57 Å². The fourth-order valence-electron chi connectivity index (χ4n) is 2.12. The number of aromatic nitrogens is 1. The van der Waals surface area contributed by atoms with E-state index in [1.165, 1.54) is 0 Å². The van der Waals surface area contributed by atoms with Crippen molar-refractivity contribution in [2.75, 3.05) is 0 Å². The van der Waals surface area contributed by atoms with Crippen LogP contribution in [0.25, 0.3) is 5.69 Å². The summed E-state index contributed by atoms with van der Waals surface area (Å²) in [5.74, 6) is -0.930. The quantitative estimate of drug-likeness (QED) is 0.870. The summed E-state index contributed by atoms with van der Waals surface area (Å²) in [6.45, 7) is 4.30. The van der Waals surface area contributed by atoms with E-state index in [0.717, 1.165) is 17.0 Å². The Hall–Kier alpha value is -2.07. The zero-order valence-corrected chi connectivity index (χ0v) is 10.5. The monoisotopic (exact) mass is 244 g/mol. The minimum Gasteiger partial charge on any atom is -0.478 e. The van der Waals surface area contributed by atoms with Crippen LogP contribution in [0.2, 0.25) is 0 Å². The van der Waals surface area contributed by atoms with E-state index in [4.69, 9.17) is 5.73 Å². The predicted molar refractivity (Wildman–Crippen MR) is 70.1 cm³/mol. The maximum absolute atomic E-state index is 11.3. The lowest BCUT2D eigenvalue weighted by Crippen LogP contribution is -2.09. The van der Waals surface area contributed by atoms with Crippen LogP contribution in [-0.2, 0) is 6.54 Å². The molecule has 0 aliphatic heterocycles. The number of carbonyl (C=O) groups is 1. The Kier molecular flexibility index (Phi) is 3.21. The van der Waals surface area contributed by atoms with Crippen molar-refractivity contribution < 1.29 is 9.90 Å². The summed E-state index contributed by atoms with van der Waals surface area (Å²) < 4.78 is 1.93. The molecule has 0 saturated carbocycles. The van der Waals surface area contributed by atoms with Gasteiger partial charge in [-0.05, 0) is 43.7 Å². The Morgan fingerprint density at radius 1 is 1.22 bits per heavy atom. The Morgan fingerprint density at radius 3 is 2.33 bits per heavy atom. The summed E-state index contributed by atoms with van der Waals surface area (Å²) in [5, 5.41) is 9.27. The van der Waals surface area contributed by atoms with Gasteiger partial charge >= 0.3 is 5.97 Å². The van der Waals surface area contributed by atoms with Crippen LogP contribution in [0, 0.1) is 13.8 Å². The summed E-state index contributed by atoms with van der Waals surface area (Å²) in [4.78, 5) is 11.3. The first-order valence-corrected chi connectivity index (χ1v) is 5.76. The van der Waals surface area contributed by atoms with Gasteiger partial charge in [0.15, 0.2) is 0 Å². The van der Waals surface area contributed by atoms with Crippen LogP contribution in [0.4, 0.5) is 0 Å². The molecule has 4 nitrogen and oxygen atoms in total. The van der Waals surface area contributed by atoms with Crippen LogP contribution in [0.15, 0.2) is 30.3 Å². The van der Waals surface area contributed by atoms with E-state index in [9.17, 15) is 9.90 Å². The van der Waals surface area contributed by atoms with Crippen molar-refractivity contribution in [3.63, 3.8) is 0 Å². The van der Waals surface area contributed by atoms with Crippen molar-refractivity contribution >= 4 is 5.97 Å². The maximum atomic E-state index is 11.3. The van der Waals surface area contributed by atoms with E-state index in [-0.39, 0.29) is 5.56 Å². The molecule has 94 valence electrons. The first-order valence-electron chi connectivity index (χ1n) is 5.76. The van der Waals surface area contributed by atoms with Crippen LogP contribution >= 0.6 is 0 Å². The molecule has 1 heterocycles. The van der Waals surface area contributed by atoms with Crippen LogP contribution < -0.4 is 5.73 Å². The average Bonchev–Trinajstić information content (AvgIpc) is 2.68. The first kappa shape index (κ1) is 12.4. The zero-order valence-electron chi connectivity index (χ0n) is 10.5. The van der Waals surface area contributed by atoms with E-state index >= 15 is 0 Å². The van der Waals surface area contributed by atoms with Crippen LogP contribution in [0.5, 0.6) is 0 Å². The van der Waals surface area contributed by atoms with Crippen LogP contribution in [-0.4, -0.2) is 15.6 Å². The molecule has 0 aliphatic carbocycles. The van der Waals surface area contributed by atoms with E-state index in [1.807, 2.05) is 36.6 Å². The topological polar surface area (TPSA) is 68.2 Å². The highest BCUT2D eigenvalue weighted by molar-refractivity contribution is 5.92. The predicted octanol–water partition coefficient (Wildman–Crippen LogP) is 2.25. The van der Waals surface area contributed by atoms with Crippen molar-refractivity contribution in [3.05, 3.63) is 52.8 Å². The largest absolute Gasteiger partial charge is 0.478 e. The van der Waals surface area contributed by atoms with Crippen LogP contribution in [0.3, 0.4) is 0 Å². The Bertz CT molecular complexity index is 580. The lowest BCUT2D eigenvalue weighted by molar-refractivity contribution is 0.0697. The molecule has 18 heavy (non-hydrogen) atoms. The molecule has 0 atom stereocenters. The third kappa shape index (κ3) is 2.02. The zero-order chi connectivity index (χ0) is 13.3.